The molecule has 0 saturated carbocycles. The molecule has 1 aliphatic carbocycles. The molecule has 0 spiro atoms. The van der Waals surface area contributed by atoms with Gasteiger partial charge in [0.1, 0.15) is 0 Å². The first-order chi connectivity index (χ1) is 12.2. The molecule has 2 aliphatic heterocycles. The van der Waals surface area contributed by atoms with Crippen molar-refractivity contribution >= 4 is 17.5 Å². The Morgan fingerprint density at radius 2 is 2.00 bits per heavy atom. The normalized spacial score (nSPS) is 28.6. The smallest absolute Gasteiger partial charge is 0.185 e. The van der Waals surface area contributed by atoms with Gasteiger partial charge in [-0.25, -0.2) is 0 Å². The highest BCUT2D eigenvalue weighted by atomic mass is 16.1. The quantitative estimate of drug-likeness (QED) is 0.740. The van der Waals surface area contributed by atoms with Gasteiger partial charge in [-0.15, -0.1) is 0 Å². The van der Waals surface area contributed by atoms with Gasteiger partial charge in [0.2, 0.25) is 0 Å². The fourth-order valence-corrected chi connectivity index (χ4v) is 4.97. The summed E-state index contributed by atoms with van der Waals surface area (Å²) in [5.74, 6) is 0.0537. The number of aryl methyl sites for hydroxylation is 1. The summed E-state index contributed by atoms with van der Waals surface area (Å²) in [4.78, 5) is 15.6. The van der Waals surface area contributed by atoms with E-state index in [2.05, 4.69) is 42.2 Å². The van der Waals surface area contributed by atoms with Crippen molar-refractivity contribution in [2.24, 2.45) is 11.8 Å². The number of nitriles is 1. The Bertz CT molecular complexity index is 968. The number of Topliss-reactive ketones (excluding diaryl/α,β-unsaturated/α-hetero) is 1. The van der Waals surface area contributed by atoms with Gasteiger partial charge in [-0.05, 0) is 30.0 Å². The molecule has 1 saturated heterocycles. The van der Waals surface area contributed by atoms with Crippen LogP contribution in [0, 0.1) is 30.1 Å². The van der Waals surface area contributed by atoms with E-state index < -0.39 is 0 Å². The van der Waals surface area contributed by atoms with Gasteiger partial charge in [-0.2, -0.15) is 5.26 Å². The minimum Gasteiger partial charge on any atom is -0.352 e. The van der Waals surface area contributed by atoms with Crippen molar-refractivity contribution in [2.45, 2.75) is 25.4 Å². The zero-order chi connectivity index (χ0) is 17.1. The van der Waals surface area contributed by atoms with E-state index in [-0.39, 0.29) is 29.7 Å². The predicted molar refractivity (Wildman–Crippen MR) is 97.3 cm³/mol. The van der Waals surface area contributed by atoms with Gasteiger partial charge in [-0.1, -0.05) is 54.6 Å². The molecule has 1 fully saturated rings. The van der Waals surface area contributed by atoms with Gasteiger partial charge in [0, 0.05) is 17.2 Å². The van der Waals surface area contributed by atoms with Crippen LogP contribution in [0.3, 0.4) is 0 Å². The monoisotopic (exact) mass is 326 g/mol. The SMILES string of the molecule is Cc1cccc2c1N1[C@H](C=C2)[C@H](C#N)[C@H]2Cc3ccccc3C(=O)[C@H]21. The summed E-state index contributed by atoms with van der Waals surface area (Å²) >= 11 is 0. The molecule has 0 unspecified atom stereocenters. The Labute approximate surface area is 147 Å². The van der Waals surface area contributed by atoms with E-state index in [4.69, 9.17) is 0 Å². The highest BCUT2D eigenvalue weighted by molar-refractivity contribution is 6.06. The number of para-hydroxylation sites is 1. The molecule has 5 rings (SSSR count). The fraction of sp³-hybridized carbons (Fsp3) is 0.273. The lowest BCUT2D eigenvalue weighted by Gasteiger charge is -2.37. The van der Waals surface area contributed by atoms with Gasteiger partial charge in [0.05, 0.1) is 24.1 Å². The van der Waals surface area contributed by atoms with Crippen LogP contribution in [-0.4, -0.2) is 17.9 Å². The number of ketones is 1. The molecule has 2 aromatic rings. The second kappa shape index (κ2) is 5.07. The minimum atomic E-state index is -0.241. The molecule has 4 atom stereocenters. The second-order valence-electron chi connectivity index (χ2n) is 7.26. The van der Waals surface area contributed by atoms with Crippen molar-refractivity contribution < 1.29 is 4.79 Å². The summed E-state index contributed by atoms with van der Waals surface area (Å²) in [5.41, 5.74) is 5.33. The number of carbonyl (C=O) groups is 1. The van der Waals surface area contributed by atoms with Crippen molar-refractivity contribution in [3.05, 3.63) is 70.8 Å². The van der Waals surface area contributed by atoms with E-state index in [0.29, 0.717) is 0 Å². The maximum Gasteiger partial charge on any atom is 0.185 e. The number of carbonyl (C=O) groups excluding carboxylic acids is 1. The van der Waals surface area contributed by atoms with Crippen LogP contribution in [0.4, 0.5) is 5.69 Å². The Morgan fingerprint density at radius 1 is 1.16 bits per heavy atom. The summed E-state index contributed by atoms with van der Waals surface area (Å²) in [6.45, 7) is 2.09. The summed E-state index contributed by atoms with van der Waals surface area (Å²) in [6, 6.07) is 16.4. The topological polar surface area (TPSA) is 44.1 Å². The van der Waals surface area contributed by atoms with Gasteiger partial charge in [0.25, 0.3) is 0 Å². The third-order valence-corrected chi connectivity index (χ3v) is 6.01. The van der Waals surface area contributed by atoms with Gasteiger partial charge < -0.3 is 4.90 Å². The molecule has 2 aromatic carbocycles. The molecule has 0 amide bonds. The zero-order valence-corrected chi connectivity index (χ0v) is 14.0. The first kappa shape index (κ1) is 14.5. The van der Waals surface area contributed by atoms with E-state index in [1.165, 1.54) is 0 Å². The second-order valence-corrected chi connectivity index (χ2v) is 7.26. The van der Waals surface area contributed by atoms with Crippen LogP contribution in [-0.2, 0) is 6.42 Å². The van der Waals surface area contributed by atoms with Crippen molar-refractivity contribution in [3.63, 3.8) is 0 Å². The van der Waals surface area contributed by atoms with Gasteiger partial charge >= 0.3 is 0 Å². The van der Waals surface area contributed by atoms with Crippen molar-refractivity contribution in [3.8, 4) is 6.07 Å². The fourth-order valence-electron chi connectivity index (χ4n) is 4.97. The maximum atomic E-state index is 13.4. The van der Waals surface area contributed by atoms with E-state index in [1.54, 1.807) is 0 Å². The molecule has 0 aromatic heterocycles. The van der Waals surface area contributed by atoms with Crippen LogP contribution in [0.25, 0.3) is 6.08 Å². The van der Waals surface area contributed by atoms with Crippen LogP contribution in [0.5, 0.6) is 0 Å². The Hall–Kier alpha value is -2.86. The lowest BCUT2D eigenvalue weighted by molar-refractivity contribution is 0.0925. The van der Waals surface area contributed by atoms with Crippen molar-refractivity contribution in [1.29, 1.82) is 5.26 Å². The Kier molecular flexibility index (Phi) is 2.93. The molecule has 0 N–H and O–H groups in total. The lowest BCUT2D eigenvalue weighted by Crippen LogP contribution is -2.46. The summed E-state index contributed by atoms with van der Waals surface area (Å²) in [5, 5.41) is 9.87. The third kappa shape index (κ3) is 1.83. The highest BCUT2D eigenvalue weighted by Crippen LogP contribution is 2.48. The molecule has 122 valence electrons. The molecular weight excluding hydrogens is 308 g/mol. The van der Waals surface area contributed by atoms with Gasteiger partial charge in [-0.3, -0.25) is 4.79 Å². The lowest BCUT2D eigenvalue weighted by atomic mass is 9.75. The number of anilines is 1. The Balaban J connectivity index is 1.73. The third-order valence-electron chi connectivity index (χ3n) is 6.01. The largest absolute Gasteiger partial charge is 0.352 e. The molecule has 0 bridgehead atoms. The minimum absolute atomic E-state index is 0.0214. The maximum absolute atomic E-state index is 13.4. The molecular formula is C22H18N2O. The van der Waals surface area contributed by atoms with Gasteiger partial charge in [0.15, 0.2) is 5.78 Å². The first-order valence-electron chi connectivity index (χ1n) is 8.78. The average Bonchev–Trinajstić information content (AvgIpc) is 2.95. The molecule has 0 radical (unpaired) electrons. The number of nitrogens with zero attached hydrogens (tertiary/aromatic N) is 2. The molecule has 3 nitrogen and oxygen atoms in total. The molecule has 3 aliphatic rings. The molecule has 2 heterocycles. The standard InChI is InChI=1S/C22H18N2O/c1-13-5-4-7-14-9-10-19-18(12-23)17-11-15-6-2-3-8-16(15)22(25)21(17)24(19)20(13)14/h2-10,17-19,21H,11H2,1H3/t17-,18-,19-,21+/m1/s1. The van der Waals surface area contributed by atoms with E-state index in [9.17, 15) is 10.1 Å². The molecule has 25 heavy (non-hydrogen) atoms. The van der Waals surface area contributed by atoms with Crippen molar-refractivity contribution in [1.82, 2.24) is 0 Å². The summed E-state index contributed by atoms with van der Waals surface area (Å²) in [7, 11) is 0. The number of benzene rings is 2. The zero-order valence-electron chi connectivity index (χ0n) is 14.0. The average molecular weight is 326 g/mol. The van der Waals surface area contributed by atoms with Crippen LogP contribution in [0.2, 0.25) is 0 Å². The van der Waals surface area contributed by atoms with Crippen LogP contribution in [0.15, 0.2) is 48.5 Å². The van der Waals surface area contributed by atoms with Crippen molar-refractivity contribution in [2.75, 3.05) is 4.90 Å². The summed E-state index contributed by atoms with van der Waals surface area (Å²) < 4.78 is 0. The number of hydrogen-bond acceptors (Lipinski definition) is 3. The molecule has 3 heteroatoms. The predicted octanol–water partition coefficient (Wildman–Crippen LogP) is 3.77. The van der Waals surface area contributed by atoms with Crippen LogP contribution in [0.1, 0.15) is 27.0 Å². The summed E-state index contributed by atoms with van der Waals surface area (Å²) in [6.07, 6.45) is 5.03. The first-order valence-corrected chi connectivity index (χ1v) is 8.78. The highest BCUT2D eigenvalue weighted by Gasteiger charge is 2.54. The van der Waals surface area contributed by atoms with E-state index in [1.807, 2.05) is 30.3 Å². The van der Waals surface area contributed by atoms with E-state index >= 15 is 0 Å². The van der Waals surface area contributed by atoms with Crippen LogP contribution >= 0.6 is 0 Å². The van der Waals surface area contributed by atoms with E-state index in [0.717, 1.165) is 34.4 Å². The Morgan fingerprint density at radius 3 is 2.84 bits per heavy atom. The number of rotatable bonds is 0. The number of hydrogen-bond donors (Lipinski definition) is 0. The number of fused-ring (bicyclic) bond motifs is 6. The van der Waals surface area contributed by atoms with Crippen LogP contribution < -0.4 is 4.90 Å².